The first kappa shape index (κ1) is 23.2. The van der Waals surface area contributed by atoms with Gasteiger partial charge in [-0.15, -0.1) is 11.3 Å². The minimum atomic E-state index is -3.84. The lowest BCUT2D eigenvalue weighted by atomic mass is 10.1. The number of carbonyl (C=O) groups excluding carboxylic acids is 1. The van der Waals surface area contributed by atoms with Crippen molar-refractivity contribution in [2.24, 2.45) is 5.14 Å². The van der Waals surface area contributed by atoms with Crippen LogP contribution in [0.25, 0.3) is 18.3 Å². The number of carbonyl (C=O) groups is 1. The molecule has 0 radical (unpaired) electrons. The lowest BCUT2D eigenvalue weighted by molar-refractivity contribution is 0.0735. The number of thiophene rings is 1. The highest BCUT2D eigenvalue weighted by molar-refractivity contribution is 7.89. The third-order valence-corrected chi connectivity index (χ3v) is 6.63. The van der Waals surface area contributed by atoms with Gasteiger partial charge in [-0.3, -0.25) is 9.89 Å². The van der Waals surface area contributed by atoms with Crippen molar-refractivity contribution in [3.05, 3.63) is 91.3 Å². The zero-order valence-electron chi connectivity index (χ0n) is 17.8. The fourth-order valence-electron chi connectivity index (χ4n) is 3.18. The average molecular weight is 498 g/mol. The number of ether oxygens (including phenoxy) is 2. The van der Waals surface area contributed by atoms with Crippen LogP contribution in [0.2, 0.25) is 0 Å². The molecule has 4 rings (SSSR count). The molecule has 0 spiro atoms. The monoisotopic (exact) mass is 497 g/mol. The highest BCUT2D eigenvalue weighted by atomic mass is 32.2. The highest BCUT2D eigenvalue weighted by Gasteiger charge is 2.14. The van der Waals surface area contributed by atoms with E-state index in [1.54, 1.807) is 41.8 Å². The van der Waals surface area contributed by atoms with Crippen LogP contribution in [0.5, 0.6) is 11.5 Å². The van der Waals surface area contributed by atoms with E-state index in [9.17, 15) is 18.0 Å². The average Bonchev–Trinajstić information content (AvgIpc) is 3.44. The molecule has 2 aromatic carbocycles. The number of aromatic nitrogens is 2. The number of methoxy groups -OCH3 is 1. The first-order valence-electron chi connectivity index (χ1n) is 9.76. The first-order valence-corrected chi connectivity index (χ1v) is 12.2. The fourth-order valence-corrected chi connectivity index (χ4v) is 4.30. The molecule has 0 atom stereocenters. The van der Waals surface area contributed by atoms with Gasteiger partial charge in [0.25, 0.3) is 5.56 Å². The summed E-state index contributed by atoms with van der Waals surface area (Å²) in [6.45, 7) is 3.89. The number of nitrogens with two attached hydrogens (primary N) is 1. The summed E-state index contributed by atoms with van der Waals surface area (Å²) in [6.07, 6.45) is 1.61. The molecule has 0 aliphatic carbocycles. The quantitative estimate of drug-likeness (QED) is 0.305. The number of primary sulfonamides is 1. The van der Waals surface area contributed by atoms with Gasteiger partial charge in [0, 0.05) is 0 Å². The summed E-state index contributed by atoms with van der Waals surface area (Å²) in [6, 6.07) is 13.8. The molecule has 9 nitrogen and oxygen atoms in total. The summed E-state index contributed by atoms with van der Waals surface area (Å²) < 4.78 is 34.9. The van der Waals surface area contributed by atoms with Crippen LogP contribution in [0.1, 0.15) is 15.2 Å². The third kappa shape index (κ3) is 4.71. The summed E-state index contributed by atoms with van der Waals surface area (Å²) in [4.78, 5) is 25.6. The first-order chi connectivity index (χ1) is 16.2. The SMILES string of the molecule is C=c1[nH]n(-c2ccc(S(N)(=O)=O)cc2)c(=O)/c1=C\c1ccc(OC(=O)c2cccs2)c(OC)c1. The van der Waals surface area contributed by atoms with E-state index in [4.69, 9.17) is 14.6 Å². The zero-order valence-corrected chi connectivity index (χ0v) is 19.5. The standard InChI is InChI=1S/C23H19N3O6S2/c1-14-18(22(27)26(25-14)16-6-8-17(9-7-16)34(24,29)30)12-15-5-10-19(20(13-15)31-2)32-23(28)21-4-3-11-33-21/h3-13,25H,1H2,2H3,(H2,24,29,30)/b18-12-. The maximum Gasteiger partial charge on any atom is 0.353 e. The van der Waals surface area contributed by atoms with Crippen molar-refractivity contribution < 1.29 is 22.7 Å². The van der Waals surface area contributed by atoms with Crippen molar-refractivity contribution in [2.45, 2.75) is 4.90 Å². The number of rotatable bonds is 6. The normalized spacial score (nSPS) is 12.0. The van der Waals surface area contributed by atoms with Crippen molar-refractivity contribution in [3.63, 3.8) is 0 Å². The van der Waals surface area contributed by atoms with Gasteiger partial charge in [0.15, 0.2) is 11.5 Å². The highest BCUT2D eigenvalue weighted by Crippen LogP contribution is 2.29. The number of benzene rings is 2. The summed E-state index contributed by atoms with van der Waals surface area (Å²) in [5, 5.41) is 10.4. The molecule has 0 saturated carbocycles. The summed E-state index contributed by atoms with van der Waals surface area (Å²) in [7, 11) is -2.40. The van der Waals surface area contributed by atoms with E-state index in [-0.39, 0.29) is 16.2 Å². The topological polar surface area (TPSA) is 133 Å². The van der Waals surface area contributed by atoms with E-state index >= 15 is 0 Å². The second-order valence-corrected chi connectivity index (χ2v) is 9.61. The number of hydrogen-bond acceptors (Lipinski definition) is 7. The number of nitrogens with zero attached hydrogens (tertiary/aromatic N) is 1. The van der Waals surface area contributed by atoms with Crippen LogP contribution in [-0.2, 0) is 10.0 Å². The maximum absolute atomic E-state index is 13.0. The van der Waals surface area contributed by atoms with Crippen molar-refractivity contribution in [2.75, 3.05) is 7.11 Å². The number of aromatic amines is 1. The number of sulfonamides is 1. The maximum atomic E-state index is 13.0. The van der Waals surface area contributed by atoms with Gasteiger partial charge < -0.3 is 9.47 Å². The minimum absolute atomic E-state index is 0.0653. The minimum Gasteiger partial charge on any atom is -0.493 e. The van der Waals surface area contributed by atoms with Crippen LogP contribution in [0, 0.1) is 0 Å². The number of hydrogen-bond donors (Lipinski definition) is 2. The molecule has 0 aliphatic heterocycles. The Labute approximate surface area is 198 Å². The lowest BCUT2D eigenvalue weighted by Crippen LogP contribution is -2.33. The Kier molecular flexibility index (Phi) is 6.24. The fraction of sp³-hybridized carbons (Fsp3) is 0.0435. The van der Waals surface area contributed by atoms with Gasteiger partial charge in [0.2, 0.25) is 10.0 Å². The number of esters is 1. The number of H-pyrrole nitrogens is 1. The molecule has 4 aromatic rings. The summed E-state index contributed by atoms with van der Waals surface area (Å²) >= 11 is 1.27. The second kappa shape index (κ2) is 9.14. The smallest absolute Gasteiger partial charge is 0.353 e. The van der Waals surface area contributed by atoms with Crippen molar-refractivity contribution in [1.29, 1.82) is 0 Å². The molecular formula is C23H19N3O6S2. The molecule has 3 N–H and O–H groups in total. The third-order valence-electron chi connectivity index (χ3n) is 4.85. The molecule has 2 heterocycles. The van der Waals surface area contributed by atoms with Gasteiger partial charge in [-0.1, -0.05) is 18.7 Å². The molecular weight excluding hydrogens is 478 g/mol. The Hall–Kier alpha value is -3.93. The van der Waals surface area contributed by atoms with Crippen molar-refractivity contribution in [1.82, 2.24) is 9.78 Å². The molecule has 0 bridgehead atoms. The predicted octanol–water partition coefficient (Wildman–Crippen LogP) is 1.34. The Morgan fingerprint density at radius 3 is 2.50 bits per heavy atom. The van der Waals surface area contributed by atoms with E-state index < -0.39 is 16.0 Å². The van der Waals surface area contributed by atoms with Crippen LogP contribution >= 0.6 is 11.3 Å². The molecule has 2 aromatic heterocycles. The molecule has 11 heteroatoms. The molecule has 174 valence electrons. The van der Waals surface area contributed by atoms with E-state index in [1.165, 1.54) is 47.4 Å². The zero-order chi connectivity index (χ0) is 24.5. The van der Waals surface area contributed by atoms with Gasteiger partial charge in [-0.2, -0.15) is 0 Å². The van der Waals surface area contributed by atoms with Gasteiger partial charge >= 0.3 is 5.97 Å². The van der Waals surface area contributed by atoms with Gasteiger partial charge in [0.1, 0.15) is 4.88 Å². The Balaban J connectivity index is 1.68. The summed E-state index contributed by atoms with van der Waals surface area (Å²) in [5.74, 6) is 0.0695. The Bertz CT molecular complexity index is 1630. The Morgan fingerprint density at radius 2 is 1.88 bits per heavy atom. The molecule has 0 fully saturated rings. The summed E-state index contributed by atoms with van der Waals surface area (Å²) in [5.41, 5.74) is 0.640. The van der Waals surface area contributed by atoms with E-state index in [0.29, 0.717) is 32.4 Å². The van der Waals surface area contributed by atoms with Crippen LogP contribution in [0.4, 0.5) is 0 Å². The van der Waals surface area contributed by atoms with E-state index in [1.807, 2.05) is 0 Å². The van der Waals surface area contributed by atoms with Crippen LogP contribution in [0.15, 0.2) is 69.7 Å². The lowest BCUT2D eigenvalue weighted by Gasteiger charge is -2.09. The van der Waals surface area contributed by atoms with Crippen LogP contribution < -0.4 is 30.7 Å². The van der Waals surface area contributed by atoms with Crippen LogP contribution in [-0.4, -0.2) is 31.3 Å². The molecule has 0 aliphatic rings. The van der Waals surface area contributed by atoms with Gasteiger partial charge in [-0.05, 0) is 59.5 Å². The Morgan fingerprint density at radius 1 is 1.15 bits per heavy atom. The van der Waals surface area contributed by atoms with Crippen molar-refractivity contribution >= 4 is 40.0 Å². The van der Waals surface area contributed by atoms with Crippen molar-refractivity contribution in [3.8, 4) is 17.2 Å². The van der Waals surface area contributed by atoms with Gasteiger partial charge in [0.05, 0.1) is 28.3 Å². The molecule has 0 saturated heterocycles. The number of nitrogens with one attached hydrogen (secondary N) is 1. The van der Waals surface area contributed by atoms with Gasteiger partial charge in [-0.25, -0.2) is 23.0 Å². The molecule has 0 amide bonds. The molecule has 34 heavy (non-hydrogen) atoms. The van der Waals surface area contributed by atoms with E-state index in [2.05, 4.69) is 11.7 Å². The van der Waals surface area contributed by atoms with Crippen LogP contribution in [0.3, 0.4) is 0 Å². The second-order valence-electron chi connectivity index (χ2n) is 7.10. The largest absolute Gasteiger partial charge is 0.493 e. The van der Waals surface area contributed by atoms with E-state index in [0.717, 1.165) is 0 Å². The molecule has 0 unspecified atom stereocenters. The predicted molar refractivity (Wildman–Crippen MR) is 128 cm³/mol.